The van der Waals surface area contributed by atoms with Crippen LogP contribution in [0, 0.1) is 12.8 Å². The summed E-state index contributed by atoms with van der Waals surface area (Å²) >= 11 is 6.03. The van der Waals surface area contributed by atoms with Crippen molar-refractivity contribution in [2.75, 3.05) is 6.61 Å². The molecule has 1 fully saturated rings. The lowest BCUT2D eigenvalue weighted by atomic mass is 9.86. The summed E-state index contributed by atoms with van der Waals surface area (Å²) < 4.78 is 1.73. The van der Waals surface area contributed by atoms with Crippen LogP contribution in [0.4, 0.5) is 0 Å². The Hall–Kier alpha value is -1.85. The van der Waals surface area contributed by atoms with Gasteiger partial charge in [0.2, 0.25) is 0 Å². The molecule has 1 saturated carbocycles. The van der Waals surface area contributed by atoms with E-state index in [1.807, 2.05) is 25.1 Å². The second-order valence-electron chi connectivity index (χ2n) is 6.44. The monoisotopic (exact) mass is 347 g/mol. The van der Waals surface area contributed by atoms with Crippen LogP contribution in [-0.4, -0.2) is 33.4 Å². The zero-order valence-electron chi connectivity index (χ0n) is 13.7. The van der Waals surface area contributed by atoms with E-state index in [0.29, 0.717) is 16.6 Å². The molecule has 0 radical (unpaired) electrons. The average Bonchev–Trinajstić information content (AvgIpc) is 2.97. The third kappa shape index (κ3) is 3.79. The van der Waals surface area contributed by atoms with Gasteiger partial charge in [0.15, 0.2) is 5.69 Å². The van der Waals surface area contributed by atoms with Crippen LogP contribution < -0.4 is 5.32 Å². The number of benzene rings is 1. The van der Waals surface area contributed by atoms with Gasteiger partial charge in [-0.05, 0) is 62.8 Å². The molecular formula is C18H22ClN3O2. The molecule has 1 heterocycles. The van der Waals surface area contributed by atoms with Gasteiger partial charge in [0.05, 0.1) is 5.69 Å². The van der Waals surface area contributed by atoms with Gasteiger partial charge in [-0.25, -0.2) is 4.68 Å². The number of aliphatic hydroxyl groups is 1. The average molecular weight is 348 g/mol. The van der Waals surface area contributed by atoms with E-state index in [2.05, 4.69) is 10.4 Å². The number of nitrogens with zero attached hydrogens (tertiary/aromatic N) is 2. The third-order valence-corrected chi connectivity index (χ3v) is 4.85. The largest absolute Gasteiger partial charge is 0.396 e. The number of amides is 1. The number of rotatable bonds is 4. The number of hydrogen-bond acceptors (Lipinski definition) is 3. The molecule has 0 spiro atoms. The Morgan fingerprint density at radius 1 is 1.33 bits per heavy atom. The molecule has 128 valence electrons. The minimum Gasteiger partial charge on any atom is -0.396 e. The lowest BCUT2D eigenvalue weighted by molar-refractivity contribution is 0.0908. The van der Waals surface area contributed by atoms with Crippen molar-refractivity contribution in [3.05, 3.63) is 46.7 Å². The highest BCUT2D eigenvalue weighted by molar-refractivity contribution is 6.30. The maximum atomic E-state index is 12.5. The molecule has 0 bridgehead atoms. The smallest absolute Gasteiger partial charge is 0.272 e. The Kier molecular flexibility index (Phi) is 5.21. The van der Waals surface area contributed by atoms with E-state index in [-0.39, 0.29) is 18.6 Å². The van der Waals surface area contributed by atoms with Crippen LogP contribution in [0.1, 0.15) is 41.9 Å². The van der Waals surface area contributed by atoms with Crippen LogP contribution in [0.2, 0.25) is 5.02 Å². The van der Waals surface area contributed by atoms with Gasteiger partial charge in [-0.15, -0.1) is 0 Å². The van der Waals surface area contributed by atoms with Crippen LogP contribution in [0.25, 0.3) is 5.69 Å². The standard InChI is InChI=1S/C18H22ClN3O2/c1-12-9-17(21-22(12)16-4-2-3-14(19)10-16)18(24)20-15-7-5-13(11-23)6-8-15/h2-4,9-10,13,15,23H,5-8,11H2,1H3,(H,20,24). The van der Waals surface area contributed by atoms with E-state index < -0.39 is 0 Å². The van der Waals surface area contributed by atoms with Gasteiger partial charge >= 0.3 is 0 Å². The van der Waals surface area contributed by atoms with E-state index in [1.165, 1.54) is 0 Å². The molecule has 6 heteroatoms. The Morgan fingerprint density at radius 2 is 2.08 bits per heavy atom. The Balaban J connectivity index is 1.69. The summed E-state index contributed by atoms with van der Waals surface area (Å²) in [6.07, 6.45) is 3.73. The first-order chi connectivity index (χ1) is 11.6. The highest BCUT2D eigenvalue weighted by Crippen LogP contribution is 2.24. The maximum Gasteiger partial charge on any atom is 0.272 e. The zero-order valence-corrected chi connectivity index (χ0v) is 14.5. The lowest BCUT2D eigenvalue weighted by Crippen LogP contribution is -2.38. The predicted molar refractivity (Wildman–Crippen MR) is 93.6 cm³/mol. The van der Waals surface area contributed by atoms with Crippen molar-refractivity contribution < 1.29 is 9.90 Å². The highest BCUT2D eigenvalue weighted by atomic mass is 35.5. The van der Waals surface area contributed by atoms with Crippen LogP contribution in [0.5, 0.6) is 0 Å². The number of aliphatic hydroxyl groups excluding tert-OH is 1. The van der Waals surface area contributed by atoms with Gasteiger partial charge in [-0.3, -0.25) is 4.79 Å². The summed E-state index contributed by atoms with van der Waals surface area (Å²) in [5.41, 5.74) is 2.13. The van der Waals surface area contributed by atoms with Crippen LogP contribution in [0.15, 0.2) is 30.3 Å². The fourth-order valence-electron chi connectivity index (χ4n) is 3.20. The number of carbonyl (C=O) groups is 1. The molecule has 1 aliphatic carbocycles. The Bertz CT molecular complexity index is 721. The summed E-state index contributed by atoms with van der Waals surface area (Å²) in [5.74, 6) is 0.230. The van der Waals surface area contributed by atoms with Crippen LogP contribution >= 0.6 is 11.6 Å². The van der Waals surface area contributed by atoms with Gasteiger partial charge in [-0.1, -0.05) is 17.7 Å². The number of aromatic nitrogens is 2. The van der Waals surface area contributed by atoms with E-state index in [1.54, 1.807) is 16.8 Å². The summed E-state index contributed by atoms with van der Waals surface area (Å²) in [7, 11) is 0. The second kappa shape index (κ2) is 7.36. The van der Waals surface area contributed by atoms with Crippen LogP contribution in [0.3, 0.4) is 0 Å². The number of aryl methyl sites for hydroxylation is 1. The molecule has 2 N–H and O–H groups in total. The first kappa shape index (κ1) is 17.0. The maximum absolute atomic E-state index is 12.5. The van der Waals surface area contributed by atoms with Gasteiger partial charge in [-0.2, -0.15) is 5.10 Å². The van der Waals surface area contributed by atoms with E-state index in [9.17, 15) is 9.90 Å². The molecule has 1 aliphatic rings. The normalized spacial score (nSPS) is 20.8. The molecule has 2 aromatic rings. The van der Waals surface area contributed by atoms with E-state index >= 15 is 0 Å². The lowest BCUT2D eigenvalue weighted by Gasteiger charge is -2.27. The minimum absolute atomic E-state index is 0.147. The van der Waals surface area contributed by atoms with Crippen molar-refractivity contribution in [2.45, 2.75) is 38.6 Å². The molecule has 5 nitrogen and oxygen atoms in total. The van der Waals surface area contributed by atoms with Gasteiger partial charge < -0.3 is 10.4 Å². The fourth-order valence-corrected chi connectivity index (χ4v) is 3.39. The third-order valence-electron chi connectivity index (χ3n) is 4.61. The number of halogens is 1. The summed E-state index contributed by atoms with van der Waals surface area (Å²) in [6, 6.07) is 9.34. The molecule has 1 aromatic carbocycles. The molecular weight excluding hydrogens is 326 g/mol. The summed E-state index contributed by atoms with van der Waals surface area (Å²) in [6.45, 7) is 2.15. The quantitative estimate of drug-likeness (QED) is 0.893. The van der Waals surface area contributed by atoms with Crippen molar-refractivity contribution in [2.24, 2.45) is 5.92 Å². The first-order valence-corrected chi connectivity index (χ1v) is 8.69. The molecule has 0 atom stereocenters. The van der Waals surface area contributed by atoms with Gasteiger partial charge in [0, 0.05) is 23.4 Å². The molecule has 1 aromatic heterocycles. The Morgan fingerprint density at radius 3 is 2.75 bits per heavy atom. The molecule has 24 heavy (non-hydrogen) atoms. The van der Waals surface area contributed by atoms with Crippen molar-refractivity contribution in [1.82, 2.24) is 15.1 Å². The zero-order chi connectivity index (χ0) is 17.1. The number of nitrogens with one attached hydrogen (secondary N) is 1. The molecule has 1 amide bonds. The molecule has 0 unspecified atom stereocenters. The second-order valence-corrected chi connectivity index (χ2v) is 6.87. The molecule has 0 saturated heterocycles. The summed E-state index contributed by atoms with van der Waals surface area (Å²) in [4.78, 5) is 12.5. The highest BCUT2D eigenvalue weighted by Gasteiger charge is 2.23. The van der Waals surface area contributed by atoms with Gasteiger partial charge in [0.25, 0.3) is 5.91 Å². The van der Waals surface area contributed by atoms with Crippen LogP contribution in [-0.2, 0) is 0 Å². The molecule has 0 aliphatic heterocycles. The van der Waals surface area contributed by atoms with Crippen molar-refractivity contribution in [1.29, 1.82) is 0 Å². The fraction of sp³-hybridized carbons (Fsp3) is 0.444. The van der Waals surface area contributed by atoms with E-state index in [0.717, 1.165) is 37.1 Å². The number of carbonyl (C=O) groups excluding carboxylic acids is 1. The van der Waals surface area contributed by atoms with Crippen molar-refractivity contribution in [3.63, 3.8) is 0 Å². The predicted octanol–water partition coefficient (Wildman–Crippen LogP) is 3.12. The Labute approximate surface area is 146 Å². The number of hydrogen-bond donors (Lipinski definition) is 2. The van der Waals surface area contributed by atoms with E-state index in [4.69, 9.17) is 11.6 Å². The van der Waals surface area contributed by atoms with Gasteiger partial charge in [0.1, 0.15) is 0 Å². The van der Waals surface area contributed by atoms with Crippen molar-refractivity contribution in [3.8, 4) is 5.69 Å². The molecule has 3 rings (SSSR count). The minimum atomic E-state index is -0.147. The SMILES string of the molecule is Cc1cc(C(=O)NC2CCC(CO)CC2)nn1-c1cccc(Cl)c1. The first-order valence-electron chi connectivity index (χ1n) is 8.31. The summed E-state index contributed by atoms with van der Waals surface area (Å²) in [5, 5.41) is 17.3. The van der Waals surface area contributed by atoms with Crippen molar-refractivity contribution >= 4 is 17.5 Å². The topological polar surface area (TPSA) is 67.2 Å².